The number of carbonyl (C=O) groups is 1. The molecule has 4 nitrogen and oxygen atoms in total. The van der Waals surface area contributed by atoms with Gasteiger partial charge < -0.3 is 4.74 Å². The molecule has 0 bridgehead atoms. The molecule has 0 fully saturated rings. The summed E-state index contributed by atoms with van der Waals surface area (Å²) in [6, 6.07) is 4.67. The Kier molecular flexibility index (Phi) is 3.14. The summed E-state index contributed by atoms with van der Waals surface area (Å²) in [6.07, 6.45) is 0. The van der Waals surface area contributed by atoms with E-state index in [1.807, 2.05) is 0 Å². The second-order valence-electron chi connectivity index (χ2n) is 2.83. The van der Waals surface area contributed by atoms with Crippen molar-refractivity contribution in [3.05, 3.63) is 28.5 Å². The Morgan fingerprint density at radius 1 is 1.12 bits per heavy atom. The first-order valence-corrected chi connectivity index (χ1v) is 5.20. The molecular weight excluding hydrogens is 274 g/mol. The van der Waals surface area contributed by atoms with Gasteiger partial charge in [-0.05, 0) is 18.2 Å². The fourth-order valence-corrected chi connectivity index (χ4v) is 1.71. The van der Waals surface area contributed by atoms with Crippen molar-refractivity contribution in [3.8, 4) is 5.75 Å². The number of benzene rings is 1. The van der Waals surface area contributed by atoms with Crippen LogP contribution in [0.25, 0.3) is 10.8 Å². The van der Waals surface area contributed by atoms with Gasteiger partial charge in [-0.15, -0.1) is 10.2 Å². The Morgan fingerprint density at radius 2 is 1.75 bits per heavy atom. The molecule has 0 radical (unpaired) electrons. The number of nitrogens with zero attached hydrogens (tertiary/aromatic N) is 2. The summed E-state index contributed by atoms with van der Waals surface area (Å²) in [5, 5.41) is 8.84. The zero-order chi connectivity index (χ0) is 11.7. The molecule has 1 aromatic carbocycles. The van der Waals surface area contributed by atoms with E-state index in [4.69, 9.17) is 39.5 Å². The molecule has 0 amide bonds. The second-order valence-corrected chi connectivity index (χ2v) is 3.85. The van der Waals surface area contributed by atoms with Gasteiger partial charge >= 0.3 is 5.43 Å². The van der Waals surface area contributed by atoms with Crippen LogP contribution in [0.1, 0.15) is 0 Å². The Labute approximate surface area is 105 Å². The van der Waals surface area contributed by atoms with Crippen LogP contribution in [-0.2, 0) is 0 Å². The summed E-state index contributed by atoms with van der Waals surface area (Å²) in [6.45, 7) is 0. The first-order valence-electron chi connectivity index (χ1n) is 4.06. The van der Waals surface area contributed by atoms with Gasteiger partial charge in [0.1, 0.15) is 5.75 Å². The average molecular weight is 277 g/mol. The Morgan fingerprint density at radius 3 is 2.38 bits per heavy atom. The largest absolute Gasteiger partial charge is 0.414 e. The minimum Gasteiger partial charge on any atom is -0.414 e. The van der Waals surface area contributed by atoms with Crippen LogP contribution in [0.3, 0.4) is 0 Å². The molecular formula is C9H3Cl3N2O2. The van der Waals surface area contributed by atoms with Crippen molar-refractivity contribution in [1.29, 1.82) is 0 Å². The molecule has 2 aromatic rings. The van der Waals surface area contributed by atoms with E-state index in [-0.39, 0.29) is 16.1 Å². The van der Waals surface area contributed by atoms with E-state index in [1.165, 1.54) is 12.1 Å². The minimum atomic E-state index is -0.927. The van der Waals surface area contributed by atoms with Crippen molar-refractivity contribution < 1.29 is 9.53 Å². The highest BCUT2D eigenvalue weighted by Gasteiger charge is 2.08. The molecule has 1 heterocycles. The maximum atomic E-state index is 10.6. The highest BCUT2D eigenvalue weighted by Crippen LogP contribution is 2.29. The van der Waals surface area contributed by atoms with E-state index in [2.05, 4.69) is 10.2 Å². The SMILES string of the molecule is O=C(Cl)Oc1ccc2c(Cl)nnc(Cl)c2c1. The first kappa shape index (κ1) is 11.4. The molecule has 7 heteroatoms. The van der Waals surface area contributed by atoms with Gasteiger partial charge in [-0.25, -0.2) is 4.79 Å². The van der Waals surface area contributed by atoms with Gasteiger partial charge in [-0.3, -0.25) is 0 Å². The number of ether oxygens (including phenoxy) is 1. The standard InChI is InChI=1S/C9H3Cl3N2O2/c10-7-5-2-1-4(16-9(12)15)3-6(5)8(11)14-13-7/h1-3H. The van der Waals surface area contributed by atoms with Crippen LogP contribution in [0.5, 0.6) is 5.75 Å². The molecule has 0 aliphatic rings. The molecule has 0 N–H and O–H groups in total. The normalized spacial score (nSPS) is 10.4. The van der Waals surface area contributed by atoms with Crippen LogP contribution in [0.2, 0.25) is 10.3 Å². The van der Waals surface area contributed by atoms with Crippen molar-refractivity contribution >= 4 is 51.0 Å². The van der Waals surface area contributed by atoms with E-state index in [1.54, 1.807) is 6.07 Å². The molecule has 16 heavy (non-hydrogen) atoms. The number of aromatic nitrogens is 2. The lowest BCUT2D eigenvalue weighted by molar-refractivity contribution is 0.225. The molecule has 0 aliphatic heterocycles. The lowest BCUT2D eigenvalue weighted by Crippen LogP contribution is -1.96. The van der Waals surface area contributed by atoms with Crippen molar-refractivity contribution in [2.75, 3.05) is 0 Å². The molecule has 0 unspecified atom stereocenters. The maximum Gasteiger partial charge on any atom is 0.409 e. The van der Waals surface area contributed by atoms with Crippen LogP contribution in [0.15, 0.2) is 18.2 Å². The van der Waals surface area contributed by atoms with Crippen molar-refractivity contribution in [1.82, 2.24) is 10.2 Å². The average Bonchev–Trinajstić information content (AvgIpc) is 2.23. The van der Waals surface area contributed by atoms with Crippen molar-refractivity contribution in [2.24, 2.45) is 0 Å². The highest BCUT2D eigenvalue weighted by atomic mass is 35.5. The topological polar surface area (TPSA) is 52.1 Å². The van der Waals surface area contributed by atoms with Gasteiger partial charge in [0.15, 0.2) is 10.3 Å². The van der Waals surface area contributed by atoms with Gasteiger partial charge in [-0.2, -0.15) is 0 Å². The van der Waals surface area contributed by atoms with Crippen LogP contribution in [0, 0.1) is 0 Å². The zero-order valence-electron chi connectivity index (χ0n) is 7.58. The number of halogens is 3. The molecule has 0 spiro atoms. The van der Waals surface area contributed by atoms with Gasteiger partial charge in [0.05, 0.1) is 0 Å². The number of fused-ring (bicyclic) bond motifs is 1. The van der Waals surface area contributed by atoms with E-state index in [0.29, 0.717) is 10.8 Å². The third kappa shape index (κ3) is 2.19. The summed E-state index contributed by atoms with van der Waals surface area (Å²) in [7, 11) is 0. The molecule has 2 rings (SSSR count). The van der Waals surface area contributed by atoms with E-state index in [9.17, 15) is 4.79 Å². The lowest BCUT2D eigenvalue weighted by atomic mass is 10.2. The van der Waals surface area contributed by atoms with Crippen LogP contribution in [0.4, 0.5) is 4.79 Å². The minimum absolute atomic E-state index is 0.173. The molecule has 0 atom stereocenters. The number of hydrogen-bond donors (Lipinski definition) is 0. The number of rotatable bonds is 1. The molecule has 0 saturated heterocycles. The van der Waals surface area contributed by atoms with Gasteiger partial charge in [0.25, 0.3) is 0 Å². The van der Waals surface area contributed by atoms with Crippen molar-refractivity contribution in [3.63, 3.8) is 0 Å². The molecule has 0 aliphatic carbocycles. The Balaban J connectivity index is 2.61. The fourth-order valence-electron chi connectivity index (χ4n) is 1.23. The number of carbonyl (C=O) groups excluding carboxylic acids is 1. The molecule has 0 saturated carbocycles. The van der Waals surface area contributed by atoms with Gasteiger partial charge in [0.2, 0.25) is 0 Å². The smallest absolute Gasteiger partial charge is 0.409 e. The van der Waals surface area contributed by atoms with Crippen LogP contribution < -0.4 is 4.74 Å². The monoisotopic (exact) mass is 276 g/mol. The third-order valence-electron chi connectivity index (χ3n) is 1.86. The van der Waals surface area contributed by atoms with E-state index in [0.717, 1.165) is 0 Å². The van der Waals surface area contributed by atoms with E-state index >= 15 is 0 Å². The summed E-state index contributed by atoms with van der Waals surface area (Å²) < 4.78 is 4.69. The Hall–Kier alpha value is -1.10. The van der Waals surface area contributed by atoms with Crippen LogP contribution >= 0.6 is 34.8 Å². The summed E-state index contributed by atoms with van der Waals surface area (Å²) >= 11 is 16.7. The summed E-state index contributed by atoms with van der Waals surface area (Å²) in [4.78, 5) is 10.6. The highest BCUT2D eigenvalue weighted by molar-refractivity contribution is 6.61. The number of hydrogen-bond acceptors (Lipinski definition) is 4. The second kappa shape index (κ2) is 4.41. The molecule has 1 aromatic heterocycles. The van der Waals surface area contributed by atoms with Crippen LogP contribution in [-0.4, -0.2) is 15.6 Å². The predicted molar refractivity (Wildman–Crippen MR) is 61.4 cm³/mol. The van der Waals surface area contributed by atoms with Gasteiger partial charge in [-0.1, -0.05) is 23.2 Å². The zero-order valence-corrected chi connectivity index (χ0v) is 9.84. The summed E-state index contributed by atoms with van der Waals surface area (Å²) in [5.41, 5.74) is -0.927. The van der Waals surface area contributed by atoms with Crippen molar-refractivity contribution in [2.45, 2.75) is 0 Å². The quantitative estimate of drug-likeness (QED) is 0.746. The predicted octanol–water partition coefficient (Wildman–Crippen LogP) is 3.67. The lowest BCUT2D eigenvalue weighted by Gasteiger charge is -2.03. The summed E-state index contributed by atoms with van der Waals surface area (Å²) in [5.74, 6) is 0.262. The first-order chi connectivity index (χ1) is 7.58. The Bertz CT molecular complexity index is 574. The van der Waals surface area contributed by atoms with E-state index < -0.39 is 5.43 Å². The maximum absolute atomic E-state index is 10.6. The third-order valence-corrected chi connectivity index (χ3v) is 2.49. The van der Waals surface area contributed by atoms with Gasteiger partial charge in [0, 0.05) is 22.4 Å². The molecule has 82 valence electrons. The fraction of sp³-hybridized carbons (Fsp3) is 0.